The van der Waals surface area contributed by atoms with E-state index in [-0.39, 0.29) is 6.61 Å². The summed E-state index contributed by atoms with van der Waals surface area (Å²) in [6, 6.07) is 8.81. The van der Waals surface area contributed by atoms with Crippen molar-refractivity contribution in [1.82, 2.24) is 9.97 Å². The van der Waals surface area contributed by atoms with Crippen LogP contribution < -0.4 is 10.5 Å². The molecule has 2 rings (SSSR count). The molecule has 1 atom stereocenters. The van der Waals surface area contributed by atoms with Gasteiger partial charge in [0.05, 0.1) is 25.5 Å². The van der Waals surface area contributed by atoms with Crippen LogP contribution in [-0.2, 0) is 0 Å². The summed E-state index contributed by atoms with van der Waals surface area (Å²) in [4.78, 5) is 8.39. The van der Waals surface area contributed by atoms with Crippen LogP contribution in [0.2, 0.25) is 0 Å². The summed E-state index contributed by atoms with van der Waals surface area (Å²) in [6.45, 7) is -0.179. The Morgan fingerprint density at radius 1 is 1.39 bits per heavy atom. The Morgan fingerprint density at radius 3 is 2.94 bits per heavy atom. The van der Waals surface area contributed by atoms with Crippen LogP contribution in [0.4, 0.5) is 0 Å². The van der Waals surface area contributed by atoms with Gasteiger partial charge < -0.3 is 15.6 Å². The van der Waals surface area contributed by atoms with Gasteiger partial charge in [-0.15, -0.1) is 0 Å². The molecule has 0 saturated heterocycles. The second-order valence-corrected chi connectivity index (χ2v) is 3.82. The van der Waals surface area contributed by atoms with Crippen molar-refractivity contribution in [2.75, 3.05) is 13.7 Å². The standard InChI is InChI=1S/C13H15N3O2/c1-18-10-4-2-3-9(7-10)12-5-6-15-13(16-12)11(14)8-17/h2-7,11,17H,8,14H2,1H3. The van der Waals surface area contributed by atoms with Gasteiger partial charge in [-0.3, -0.25) is 0 Å². The molecule has 0 aliphatic rings. The fourth-order valence-corrected chi connectivity index (χ4v) is 1.58. The van der Waals surface area contributed by atoms with Crippen molar-refractivity contribution in [3.63, 3.8) is 0 Å². The topological polar surface area (TPSA) is 81.3 Å². The first-order chi connectivity index (χ1) is 8.74. The zero-order valence-electron chi connectivity index (χ0n) is 10.1. The Bertz CT molecular complexity index is 531. The van der Waals surface area contributed by atoms with Crippen LogP contribution in [0.15, 0.2) is 36.5 Å². The number of nitrogens with zero attached hydrogens (tertiary/aromatic N) is 2. The van der Waals surface area contributed by atoms with E-state index in [1.807, 2.05) is 24.3 Å². The molecule has 0 bridgehead atoms. The molecule has 0 amide bonds. The van der Waals surface area contributed by atoms with Crippen LogP contribution in [0.25, 0.3) is 11.3 Å². The fourth-order valence-electron chi connectivity index (χ4n) is 1.58. The number of rotatable bonds is 4. The van der Waals surface area contributed by atoms with Gasteiger partial charge in [-0.2, -0.15) is 0 Å². The zero-order valence-corrected chi connectivity index (χ0v) is 10.1. The predicted molar refractivity (Wildman–Crippen MR) is 68.0 cm³/mol. The smallest absolute Gasteiger partial charge is 0.147 e. The van der Waals surface area contributed by atoms with E-state index in [4.69, 9.17) is 15.6 Å². The maximum Gasteiger partial charge on any atom is 0.147 e. The van der Waals surface area contributed by atoms with Crippen molar-refractivity contribution in [3.8, 4) is 17.0 Å². The lowest BCUT2D eigenvalue weighted by molar-refractivity contribution is 0.263. The monoisotopic (exact) mass is 245 g/mol. The average molecular weight is 245 g/mol. The summed E-state index contributed by atoms with van der Waals surface area (Å²) < 4.78 is 5.17. The molecule has 94 valence electrons. The number of nitrogens with two attached hydrogens (primary N) is 1. The normalized spacial score (nSPS) is 12.2. The third-order valence-corrected chi connectivity index (χ3v) is 2.57. The third kappa shape index (κ3) is 2.64. The minimum atomic E-state index is -0.560. The Kier molecular flexibility index (Phi) is 3.86. The van der Waals surface area contributed by atoms with E-state index in [2.05, 4.69) is 9.97 Å². The van der Waals surface area contributed by atoms with Gasteiger partial charge in [-0.1, -0.05) is 12.1 Å². The largest absolute Gasteiger partial charge is 0.497 e. The molecule has 18 heavy (non-hydrogen) atoms. The van der Waals surface area contributed by atoms with Crippen LogP contribution in [0.3, 0.4) is 0 Å². The molecule has 0 saturated carbocycles. The zero-order chi connectivity index (χ0) is 13.0. The van der Waals surface area contributed by atoms with E-state index in [0.29, 0.717) is 5.82 Å². The van der Waals surface area contributed by atoms with Crippen molar-refractivity contribution in [3.05, 3.63) is 42.4 Å². The number of aromatic nitrogens is 2. The van der Waals surface area contributed by atoms with Gasteiger partial charge in [0.1, 0.15) is 11.6 Å². The van der Waals surface area contributed by atoms with E-state index in [1.54, 1.807) is 19.4 Å². The Hall–Kier alpha value is -1.98. The Labute approximate surface area is 105 Å². The summed E-state index contributed by atoms with van der Waals surface area (Å²) in [5.41, 5.74) is 7.37. The lowest BCUT2D eigenvalue weighted by atomic mass is 10.1. The molecular formula is C13H15N3O2. The molecule has 1 aromatic heterocycles. The van der Waals surface area contributed by atoms with Gasteiger partial charge in [-0.25, -0.2) is 9.97 Å². The fraction of sp³-hybridized carbons (Fsp3) is 0.231. The molecule has 3 N–H and O–H groups in total. The summed E-state index contributed by atoms with van der Waals surface area (Å²) in [7, 11) is 1.62. The first kappa shape index (κ1) is 12.5. The summed E-state index contributed by atoms with van der Waals surface area (Å²) in [5.74, 6) is 1.19. The van der Waals surface area contributed by atoms with Crippen LogP contribution in [-0.4, -0.2) is 28.8 Å². The highest BCUT2D eigenvalue weighted by Gasteiger charge is 2.09. The van der Waals surface area contributed by atoms with Gasteiger partial charge in [0, 0.05) is 11.8 Å². The van der Waals surface area contributed by atoms with E-state index in [1.165, 1.54) is 0 Å². The second-order valence-electron chi connectivity index (χ2n) is 3.82. The Morgan fingerprint density at radius 2 is 2.22 bits per heavy atom. The summed E-state index contributed by atoms with van der Waals surface area (Å²) in [6.07, 6.45) is 1.63. The molecule has 5 heteroatoms. The predicted octanol–water partition coefficient (Wildman–Crippen LogP) is 1.14. The van der Waals surface area contributed by atoms with Crippen molar-refractivity contribution in [2.24, 2.45) is 5.73 Å². The molecule has 1 aromatic carbocycles. The highest BCUT2D eigenvalue weighted by atomic mass is 16.5. The van der Waals surface area contributed by atoms with Gasteiger partial charge in [0.2, 0.25) is 0 Å². The van der Waals surface area contributed by atoms with Gasteiger partial charge in [0.25, 0.3) is 0 Å². The van der Waals surface area contributed by atoms with E-state index < -0.39 is 6.04 Å². The molecule has 1 unspecified atom stereocenters. The van der Waals surface area contributed by atoms with E-state index in [0.717, 1.165) is 17.0 Å². The first-order valence-electron chi connectivity index (χ1n) is 5.58. The van der Waals surface area contributed by atoms with Crippen LogP contribution >= 0.6 is 0 Å². The maximum absolute atomic E-state index is 9.01. The summed E-state index contributed by atoms with van der Waals surface area (Å²) in [5, 5.41) is 9.01. The lowest BCUT2D eigenvalue weighted by Crippen LogP contribution is -2.17. The van der Waals surface area contributed by atoms with Crippen LogP contribution in [0, 0.1) is 0 Å². The van der Waals surface area contributed by atoms with Gasteiger partial charge >= 0.3 is 0 Å². The highest BCUT2D eigenvalue weighted by molar-refractivity contribution is 5.60. The second kappa shape index (κ2) is 5.57. The minimum Gasteiger partial charge on any atom is -0.497 e. The number of hydrogen-bond acceptors (Lipinski definition) is 5. The Balaban J connectivity index is 2.38. The molecule has 5 nitrogen and oxygen atoms in total. The first-order valence-corrected chi connectivity index (χ1v) is 5.58. The molecular weight excluding hydrogens is 230 g/mol. The molecule has 0 aliphatic heterocycles. The van der Waals surface area contributed by atoms with Gasteiger partial charge in [-0.05, 0) is 18.2 Å². The molecule has 0 fully saturated rings. The average Bonchev–Trinajstić information content (AvgIpc) is 2.46. The molecule has 0 aliphatic carbocycles. The molecule has 0 radical (unpaired) electrons. The van der Waals surface area contributed by atoms with Gasteiger partial charge in [0.15, 0.2) is 0 Å². The van der Waals surface area contributed by atoms with E-state index >= 15 is 0 Å². The SMILES string of the molecule is COc1cccc(-c2ccnc(C(N)CO)n2)c1. The molecule has 0 spiro atoms. The number of benzene rings is 1. The molecule has 2 aromatic rings. The van der Waals surface area contributed by atoms with E-state index in [9.17, 15) is 0 Å². The van der Waals surface area contributed by atoms with Crippen molar-refractivity contribution < 1.29 is 9.84 Å². The number of methoxy groups -OCH3 is 1. The minimum absolute atomic E-state index is 0.179. The third-order valence-electron chi connectivity index (χ3n) is 2.57. The number of aliphatic hydroxyl groups is 1. The molecule has 1 heterocycles. The van der Waals surface area contributed by atoms with Crippen molar-refractivity contribution in [2.45, 2.75) is 6.04 Å². The number of ether oxygens (including phenoxy) is 1. The maximum atomic E-state index is 9.01. The summed E-state index contributed by atoms with van der Waals surface area (Å²) >= 11 is 0. The quantitative estimate of drug-likeness (QED) is 0.844. The van der Waals surface area contributed by atoms with Crippen molar-refractivity contribution >= 4 is 0 Å². The van der Waals surface area contributed by atoms with Crippen LogP contribution in [0.5, 0.6) is 5.75 Å². The lowest BCUT2D eigenvalue weighted by Gasteiger charge is -2.09. The number of hydrogen-bond donors (Lipinski definition) is 2. The highest BCUT2D eigenvalue weighted by Crippen LogP contribution is 2.22. The number of aliphatic hydroxyl groups excluding tert-OH is 1. The van der Waals surface area contributed by atoms with Crippen LogP contribution in [0.1, 0.15) is 11.9 Å². The van der Waals surface area contributed by atoms with Crippen molar-refractivity contribution in [1.29, 1.82) is 0 Å².